The molecule has 0 unspecified atom stereocenters. The van der Waals surface area contributed by atoms with Gasteiger partial charge in [0.15, 0.2) is 0 Å². The Balaban J connectivity index is 1.72. The van der Waals surface area contributed by atoms with Crippen LogP contribution in [0.2, 0.25) is 0 Å². The summed E-state index contributed by atoms with van der Waals surface area (Å²) in [7, 11) is -4.10. The Morgan fingerprint density at radius 3 is 2.67 bits per heavy atom. The molecule has 27 heavy (non-hydrogen) atoms. The van der Waals surface area contributed by atoms with Gasteiger partial charge in [-0.1, -0.05) is 12.1 Å². The molecule has 0 saturated carbocycles. The SMILES string of the molecule is O=S1(=O)N(CC[C@@H]2CNCCO2)c2cc(F)ccc2N1c1ccccc1F. The molecule has 0 spiro atoms. The average molecular weight is 395 g/mol. The Kier molecular flexibility index (Phi) is 4.75. The third-order valence-corrected chi connectivity index (χ3v) is 6.46. The highest BCUT2D eigenvalue weighted by Crippen LogP contribution is 2.46. The molecular weight excluding hydrogens is 376 g/mol. The van der Waals surface area contributed by atoms with Crippen LogP contribution in [0.1, 0.15) is 6.42 Å². The van der Waals surface area contributed by atoms with E-state index >= 15 is 0 Å². The maximum Gasteiger partial charge on any atom is 0.331 e. The molecule has 1 fully saturated rings. The van der Waals surface area contributed by atoms with Crippen molar-refractivity contribution in [1.29, 1.82) is 0 Å². The molecular formula is C18H19F2N3O3S. The summed E-state index contributed by atoms with van der Waals surface area (Å²) in [6.45, 7) is 2.05. The van der Waals surface area contributed by atoms with Crippen LogP contribution in [0.15, 0.2) is 42.5 Å². The summed E-state index contributed by atoms with van der Waals surface area (Å²) < 4.78 is 62.2. The van der Waals surface area contributed by atoms with E-state index in [2.05, 4.69) is 5.32 Å². The van der Waals surface area contributed by atoms with Crippen LogP contribution in [0, 0.1) is 11.6 Å². The van der Waals surface area contributed by atoms with E-state index in [1.807, 2.05) is 0 Å². The van der Waals surface area contributed by atoms with Crippen molar-refractivity contribution in [3.63, 3.8) is 0 Å². The van der Waals surface area contributed by atoms with Gasteiger partial charge < -0.3 is 10.1 Å². The zero-order valence-electron chi connectivity index (χ0n) is 14.4. The van der Waals surface area contributed by atoms with E-state index in [0.29, 0.717) is 19.6 Å². The second-order valence-corrected chi connectivity index (χ2v) is 8.12. The highest BCUT2D eigenvalue weighted by Gasteiger charge is 2.42. The van der Waals surface area contributed by atoms with Crippen molar-refractivity contribution in [2.75, 3.05) is 34.9 Å². The molecule has 1 saturated heterocycles. The number of benzene rings is 2. The fourth-order valence-electron chi connectivity index (χ4n) is 3.39. The number of morpholine rings is 1. The molecule has 1 atom stereocenters. The van der Waals surface area contributed by atoms with E-state index < -0.39 is 21.8 Å². The second kappa shape index (κ2) is 7.06. The largest absolute Gasteiger partial charge is 0.376 e. The minimum atomic E-state index is -4.10. The van der Waals surface area contributed by atoms with Crippen molar-refractivity contribution in [3.8, 4) is 0 Å². The van der Waals surface area contributed by atoms with Gasteiger partial charge >= 0.3 is 10.2 Å². The second-order valence-electron chi connectivity index (χ2n) is 6.41. The minimum absolute atomic E-state index is 0.0940. The molecule has 2 heterocycles. The van der Waals surface area contributed by atoms with Crippen molar-refractivity contribution in [3.05, 3.63) is 54.1 Å². The Bertz CT molecular complexity index is 949. The first kappa shape index (κ1) is 18.1. The van der Waals surface area contributed by atoms with E-state index in [1.165, 1.54) is 30.3 Å². The number of nitrogens with zero attached hydrogens (tertiary/aromatic N) is 2. The normalized spacial score (nSPS) is 21.3. The Morgan fingerprint density at radius 2 is 1.93 bits per heavy atom. The zero-order chi connectivity index (χ0) is 19.0. The molecule has 0 amide bonds. The molecule has 6 nitrogen and oxygen atoms in total. The lowest BCUT2D eigenvalue weighted by atomic mass is 10.2. The Morgan fingerprint density at radius 1 is 1.11 bits per heavy atom. The van der Waals surface area contributed by atoms with Crippen LogP contribution in [-0.2, 0) is 14.9 Å². The maximum absolute atomic E-state index is 14.3. The third kappa shape index (κ3) is 3.26. The van der Waals surface area contributed by atoms with E-state index in [9.17, 15) is 17.2 Å². The summed E-state index contributed by atoms with van der Waals surface area (Å²) in [5.74, 6) is -1.22. The molecule has 0 aromatic heterocycles. The summed E-state index contributed by atoms with van der Waals surface area (Å²) in [4.78, 5) is 0. The van der Waals surface area contributed by atoms with Crippen LogP contribution < -0.4 is 13.9 Å². The van der Waals surface area contributed by atoms with E-state index in [4.69, 9.17) is 4.74 Å². The van der Waals surface area contributed by atoms with Gasteiger partial charge in [-0.25, -0.2) is 13.1 Å². The number of anilines is 3. The molecule has 144 valence electrons. The summed E-state index contributed by atoms with van der Waals surface area (Å²) in [6.07, 6.45) is 0.307. The number of rotatable bonds is 4. The first-order valence-corrected chi connectivity index (χ1v) is 10.1. The molecule has 0 bridgehead atoms. The van der Waals surface area contributed by atoms with Gasteiger partial charge in [0.05, 0.1) is 29.8 Å². The summed E-state index contributed by atoms with van der Waals surface area (Å²) >= 11 is 0. The lowest BCUT2D eigenvalue weighted by Gasteiger charge is -2.26. The van der Waals surface area contributed by atoms with Crippen molar-refractivity contribution >= 4 is 27.3 Å². The quantitative estimate of drug-likeness (QED) is 0.864. The standard InChI is InChI=1S/C18H19F2N3O3S/c19-13-5-6-17-18(11-13)22(9-7-14-12-21-8-10-26-14)27(24,25)23(17)16-4-2-1-3-15(16)20/h1-6,11,14,21H,7-10,12H2/t14-/m1/s1. The van der Waals surface area contributed by atoms with Gasteiger partial charge in [-0.05, 0) is 30.7 Å². The monoisotopic (exact) mass is 395 g/mol. The first-order valence-electron chi connectivity index (χ1n) is 8.68. The molecule has 1 N–H and O–H groups in total. The molecule has 0 aliphatic carbocycles. The number of para-hydroxylation sites is 1. The van der Waals surface area contributed by atoms with E-state index in [1.54, 1.807) is 6.07 Å². The van der Waals surface area contributed by atoms with E-state index in [0.717, 1.165) is 21.2 Å². The van der Waals surface area contributed by atoms with Gasteiger partial charge in [0.25, 0.3) is 0 Å². The van der Waals surface area contributed by atoms with Gasteiger partial charge in [0, 0.05) is 25.7 Å². The molecule has 2 aliphatic heterocycles. The van der Waals surface area contributed by atoms with Gasteiger partial charge in [-0.3, -0.25) is 4.31 Å². The molecule has 2 aromatic rings. The van der Waals surface area contributed by atoms with Crippen LogP contribution in [0.4, 0.5) is 25.8 Å². The molecule has 9 heteroatoms. The summed E-state index contributed by atoms with van der Waals surface area (Å²) in [5.41, 5.74) is 0.328. The third-order valence-electron chi connectivity index (χ3n) is 4.66. The summed E-state index contributed by atoms with van der Waals surface area (Å²) in [5, 5.41) is 3.19. The van der Waals surface area contributed by atoms with Crippen molar-refractivity contribution < 1.29 is 21.9 Å². The first-order chi connectivity index (χ1) is 13.0. The topological polar surface area (TPSA) is 61.9 Å². The summed E-state index contributed by atoms with van der Waals surface area (Å²) in [6, 6.07) is 9.30. The van der Waals surface area contributed by atoms with E-state index in [-0.39, 0.29) is 29.7 Å². The molecule has 0 radical (unpaired) electrons. The lowest BCUT2D eigenvalue weighted by Crippen LogP contribution is -2.42. The molecule has 2 aromatic carbocycles. The van der Waals surface area contributed by atoms with Gasteiger partial charge in [0.1, 0.15) is 11.6 Å². The minimum Gasteiger partial charge on any atom is -0.376 e. The van der Waals surface area contributed by atoms with Crippen molar-refractivity contribution in [1.82, 2.24) is 5.32 Å². The van der Waals surface area contributed by atoms with Crippen LogP contribution in [-0.4, -0.2) is 40.8 Å². The van der Waals surface area contributed by atoms with Gasteiger partial charge in [0.2, 0.25) is 0 Å². The fourth-order valence-corrected chi connectivity index (χ4v) is 5.12. The maximum atomic E-state index is 14.3. The number of fused-ring (bicyclic) bond motifs is 1. The lowest BCUT2D eigenvalue weighted by molar-refractivity contribution is 0.0254. The van der Waals surface area contributed by atoms with Crippen molar-refractivity contribution in [2.24, 2.45) is 0 Å². The zero-order valence-corrected chi connectivity index (χ0v) is 15.3. The molecule has 2 aliphatic rings. The van der Waals surface area contributed by atoms with Crippen LogP contribution in [0.25, 0.3) is 0 Å². The Labute approximate surface area is 156 Å². The number of hydrogen-bond acceptors (Lipinski definition) is 4. The van der Waals surface area contributed by atoms with Crippen LogP contribution >= 0.6 is 0 Å². The predicted molar refractivity (Wildman–Crippen MR) is 98.4 cm³/mol. The van der Waals surface area contributed by atoms with Crippen LogP contribution in [0.5, 0.6) is 0 Å². The van der Waals surface area contributed by atoms with Gasteiger partial charge in [-0.15, -0.1) is 0 Å². The number of ether oxygens (including phenoxy) is 1. The van der Waals surface area contributed by atoms with Crippen LogP contribution in [0.3, 0.4) is 0 Å². The highest BCUT2D eigenvalue weighted by molar-refractivity contribution is 7.95. The molecule has 4 rings (SSSR count). The van der Waals surface area contributed by atoms with Gasteiger partial charge in [-0.2, -0.15) is 8.42 Å². The number of hydrogen-bond donors (Lipinski definition) is 1. The predicted octanol–water partition coefficient (Wildman–Crippen LogP) is 2.55. The smallest absolute Gasteiger partial charge is 0.331 e. The highest BCUT2D eigenvalue weighted by atomic mass is 32.2. The van der Waals surface area contributed by atoms with Crippen molar-refractivity contribution in [2.45, 2.75) is 12.5 Å². The average Bonchev–Trinajstić information content (AvgIpc) is 2.87. The fraction of sp³-hybridized carbons (Fsp3) is 0.333. The number of nitrogens with one attached hydrogen (secondary N) is 1. The number of halogens is 2. The Hall–Kier alpha value is -2.23.